The van der Waals surface area contributed by atoms with Gasteiger partial charge in [0.05, 0.1) is 6.54 Å². The van der Waals surface area contributed by atoms with Crippen molar-refractivity contribution in [3.8, 4) is 5.75 Å². The molecule has 3 N–H and O–H groups in total. The number of likely N-dealkylation sites (tertiary alicyclic amines) is 1. The number of primary amides is 1. The van der Waals surface area contributed by atoms with Crippen LogP contribution in [0.1, 0.15) is 19.3 Å². The number of amides is 1. The fourth-order valence-electron chi connectivity index (χ4n) is 2.90. The summed E-state index contributed by atoms with van der Waals surface area (Å²) in [7, 11) is 1.77. The van der Waals surface area contributed by atoms with E-state index in [9.17, 15) is 4.79 Å². The van der Waals surface area contributed by atoms with Crippen LogP contribution in [0.15, 0.2) is 33.7 Å². The largest absolute Gasteiger partial charge is 0.492 e. The van der Waals surface area contributed by atoms with Gasteiger partial charge in [0.2, 0.25) is 5.91 Å². The number of nitrogens with one attached hydrogen (secondary N) is 1. The van der Waals surface area contributed by atoms with E-state index in [2.05, 4.69) is 31.1 Å². The molecule has 1 aliphatic heterocycles. The van der Waals surface area contributed by atoms with Crippen LogP contribution >= 0.6 is 15.9 Å². The minimum Gasteiger partial charge on any atom is -0.492 e. The summed E-state index contributed by atoms with van der Waals surface area (Å²) in [4.78, 5) is 17.6. The van der Waals surface area contributed by atoms with Crippen LogP contribution in [0, 0.1) is 5.92 Å². The molecule has 132 valence electrons. The Labute approximate surface area is 151 Å². The summed E-state index contributed by atoms with van der Waals surface area (Å²) in [6.07, 6.45) is 2.54. The number of hydrogen-bond donors (Lipinski definition) is 2. The summed E-state index contributed by atoms with van der Waals surface area (Å²) in [5.74, 6) is 1.78. The lowest BCUT2D eigenvalue weighted by molar-refractivity contribution is -0.119. The molecule has 1 unspecified atom stereocenters. The summed E-state index contributed by atoms with van der Waals surface area (Å²) in [6.45, 7) is 2.98. The maximum Gasteiger partial charge on any atom is 0.217 e. The van der Waals surface area contributed by atoms with E-state index < -0.39 is 0 Å². The van der Waals surface area contributed by atoms with E-state index in [1.165, 1.54) is 0 Å². The molecule has 0 spiro atoms. The standard InChI is InChI=1S/C17H25BrN4O2/c1-20-17(22-9-2-3-13(12-22)11-16(19)23)21-8-10-24-15-6-4-14(18)5-7-15/h4-7,13H,2-3,8-12H2,1H3,(H2,19,23)(H,20,21). The molecule has 1 aliphatic rings. The summed E-state index contributed by atoms with van der Waals surface area (Å²) >= 11 is 3.40. The monoisotopic (exact) mass is 396 g/mol. The summed E-state index contributed by atoms with van der Waals surface area (Å²) < 4.78 is 6.73. The summed E-state index contributed by atoms with van der Waals surface area (Å²) in [5, 5.41) is 3.32. The molecule has 0 bridgehead atoms. The van der Waals surface area contributed by atoms with E-state index in [4.69, 9.17) is 10.5 Å². The van der Waals surface area contributed by atoms with Gasteiger partial charge in [-0.1, -0.05) is 15.9 Å². The van der Waals surface area contributed by atoms with Crippen LogP contribution in [0.5, 0.6) is 5.75 Å². The third-order valence-electron chi connectivity index (χ3n) is 3.99. The van der Waals surface area contributed by atoms with Gasteiger partial charge in [0.25, 0.3) is 0 Å². The predicted octanol–water partition coefficient (Wildman–Crippen LogP) is 1.99. The molecule has 1 heterocycles. The number of nitrogens with zero attached hydrogens (tertiary/aromatic N) is 2. The van der Waals surface area contributed by atoms with Crippen molar-refractivity contribution in [2.24, 2.45) is 16.6 Å². The van der Waals surface area contributed by atoms with Gasteiger partial charge in [-0.15, -0.1) is 0 Å². The molecule has 1 amide bonds. The van der Waals surface area contributed by atoms with Crippen molar-refractivity contribution < 1.29 is 9.53 Å². The first-order valence-electron chi connectivity index (χ1n) is 8.20. The Balaban J connectivity index is 1.75. The number of guanidine groups is 1. The van der Waals surface area contributed by atoms with E-state index in [-0.39, 0.29) is 5.91 Å². The highest BCUT2D eigenvalue weighted by Gasteiger charge is 2.23. The molecule has 0 radical (unpaired) electrons. The molecule has 1 aromatic carbocycles. The first-order valence-corrected chi connectivity index (χ1v) is 9.00. The Morgan fingerprint density at radius 2 is 2.21 bits per heavy atom. The van der Waals surface area contributed by atoms with Gasteiger partial charge in [0, 0.05) is 31.0 Å². The van der Waals surface area contributed by atoms with Crippen LogP contribution in [0.4, 0.5) is 0 Å². The van der Waals surface area contributed by atoms with Gasteiger partial charge in [-0.25, -0.2) is 0 Å². The number of piperidine rings is 1. The third kappa shape index (κ3) is 6.03. The molecule has 24 heavy (non-hydrogen) atoms. The first kappa shape index (κ1) is 18.6. The Morgan fingerprint density at radius 3 is 2.88 bits per heavy atom. The molecule has 1 saturated heterocycles. The van der Waals surface area contributed by atoms with Gasteiger partial charge in [0.1, 0.15) is 12.4 Å². The highest BCUT2D eigenvalue weighted by Crippen LogP contribution is 2.19. The normalized spacial score (nSPS) is 18.3. The summed E-state index contributed by atoms with van der Waals surface area (Å²) in [5.41, 5.74) is 5.32. The second-order valence-electron chi connectivity index (χ2n) is 5.90. The number of aliphatic imine (C=N–C) groups is 1. The van der Waals surface area contributed by atoms with E-state index in [1.54, 1.807) is 7.05 Å². The number of nitrogens with two attached hydrogens (primary N) is 1. The highest BCUT2D eigenvalue weighted by atomic mass is 79.9. The van der Waals surface area contributed by atoms with Crippen LogP contribution in [0.25, 0.3) is 0 Å². The van der Waals surface area contributed by atoms with Crippen molar-refractivity contribution in [2.45, 2.75) is 19.3 Å². The Morgan fingerprint density at radius 1 is 1.46 bits per heavy atom. The average molecular weight is 397 g/mol. The van der Waals surface area contributed by atoms with Crippen molar-refractivity contribution in [3.63, 3.8) is 0 Å². The molecule has 6 nitrogen and oxygen atoms in total. The topological polar surface area (TPSA) is 80.0 Å². The number of benzene rings is 1. The van der Waals surface area contributed by atoms with E-state index in [0.29, 0.717) is 25.5 Å². The maximum atomic E-state index is 11.1. The Kier molecular flexibility index (Phi) is 7.36. The minimum absolute atomic E-state index is 0.229. The summed E-state index contributed by atoms with van der Waals surface area (Å²) in [6, 6.07) is 7.76. The fraction of sp³-hybridized carbons (Fsp3) is 0.529. The number of carbonyl (C=O) groups excluding carboxylic acids is 1. The van der Waals surface area contributed by atoms with E-state index in [0.717, 1.165) is 42.1 Å². The quantitative estimate of drug-likeness (QED) is 0.437. The molecule has 1 atom stereocenters. The number of hydrogen-bond acceptors (Lipinski definition) is 3. The predicted molar refractivity (Wildman–Crippen MR) is 99.1 cm³/mol. The zero-order valence-corrected chi connectivity index (χ0v) is 15.6. The van der Waals surface area contributed by atoms with Gasteiger partial charge >= 0.3 is 0 Å². The molecule has 0 saturated carbocycles. The molecule has 7 heteroatoms. The van der Waals surface area contributed by atoms with Gasteiger partial charge in [-0.05, 0) is 43.0 Å². The molecule has 0 aromatic heterocycles. The minimum atomic E-state index is -0.229. The third-order valence-corrected chi connectivity index (χ3v) is 4.52. The Hall–Kier alpha value is -1.76. The van der Waals surface area contributed by atoms with E-state index in [1.807, 2.05) is 24.3 Å². The van der Waals surface area contributed by atoms with Crippen LogP contribution in [-0.4, -0.2) is 50.1 Å². The van der Waals surface area contributed by atoms with Gasteiger partial charge in [-0.2, -0.15) is 0 Å². The van der Waals surface area contributed by atoms with Crippen LogP contribution in [0.3, 0.4) is 0 Å². The van der Waals surface area contributed by atoms with Crippen LogP contribution < -0.4 is 15.8 Å². The second kappa shape index (κ2) is 9.52. The lowest BCUT2D eigenvalue weighted by atomic mass is 9.95. The molecule has 2 rings (SSSR count). The van der Waals surface area contributed by atoms with Crippen molar-refractivity contribution in [1.82, 2.24) is 10.2 Å². The van der Waals surface area contributed by atoms with Gasteiger partial charge in [0.15, 0.2) is 5.96 Å². The van der Waals surface area contributed by atoms with Crippen molar-refractivity contribution >= 4 is 27.8 Å². The number of carbonyl (C=O) groups is 1. The van der Waals surface area contributed by atoms with Crippen molar-refractivity contribution in [3.05, 3.63) is 28.7 Å². The SMILES string of the molecule is CN=C(NCCOc1ccc(Br)cc1)N1CCCC(CC(N)=O)C1. The smallest absolute Gasteiger partial charge is 0.217 e. The maximum absolute atomic E-state index is 11.1. The molecule has 1 fully saturated rings. The van der Waals surface area contributed by atoms with Gasteiger partial charge in [-0.3, -0.25) is 9.79 Å². The van der Waals surface area contributed by atoms with Crippen LogP contribution in [0.2, 0.25) is 0 Å². The first-order chi connectivity index (χ1) is 11.6. The molecule has 1 aromatic rings. The Bertz CT molecular complexity index is 562. The lowest BCUT2D eigenvalue weighted by Crippen LogP contribution is -2.48. The number of ether oxygens (including phenoxy) is 1. The zero-order valence-electron chi connectivity index (χ0n) is 14.0. The van der Waals surface area contributed by atoms with Crippen molar-refractivity contribution in [1.29, 1.82) is 0 Å². The van der Waals surface area contributed by atoms with Gasteiger partial charge < -0.3 is 20.7 Å². The fourth-order valence-corrected chi connectivity index (χ4v) is 3.17. The molecule has 0 aliphatic carbocycles. The lowest BCUT2D eigenvalue weighted by Gasteiger charge is -2.34. The van der Waals surface area contributed by atoms with Crippen molar-refractivity contribution in [2.75, 3.05) is 33.3 Å². The number of rotatable bonds is 6. The molecular formula is C17H25BrN4O2. The van der Waals surface area contributed by atoms with E-state index >= 15 is 0 Å². The second-order valence-corrected chi connectivity index (χ2v) is 6.82. The highest BCUT2D eigenvalue weighted by molar-refractivity contribution is 9.10. The number of halogens is 1. The zero-order chi connectivity index (χ0) is 17.4. The van der Waals surface area contributed by atoms with Crippen LogP contribution in [-0.2, 0) is 4.79 Å². The average Bonchev–Trinajstić information content (AvgIpc) is 2.56. The molecular weight excluding hydrogens is 372 g/mol.